The fourth-order valence-electron chi connectivity index (χ4n) is 1.65. The summed E-state index contributed by atoms with van der Waals surface area (Å²) in [6.45, 7) is 0.0731. The monoisotopic (exact) mass is 219 g/mol. The number of benzene rings is 1. The van der Waals surface area contributed by atoms with Gasteiger partial charge in [0.25, 0.3) is 0 Å². The van der Waals surface area contributed by atoms with Crippen LogP contribution in [0.5, 0.6) is 0 Å². The van der Waals surface area contributed by atoms with Gasteiger partial charge in [-0.25, -0.2) is 9.59 Å². The molecule has 0 aliphatic carbocycles. The van der Waals surface area contributed by atoms with Crippen LogP contribution in [-0.2, 0) is 11.3 Å². The number of carboxylic acids is 1. The maximum absolute atomic E-state index is 10.9. The van der Waals surface area contributed by atoms with Crippen molar-refractivity contribution < 1.29 is 19.8 Å². The second-order valence-corrected chi connectivity index (χ2v) is 3.40. The van der Waals surface area contributed by atoms with E-state index in [1.54, 1.807) is 24.3 Å². The molecule has 0 bridgehead atoms. The third-order valence-corrected chi connectivity index (χ3v) is 2.42. The van der Waals surface area contributed by atoms with E-state index in [4.69, 9.17) is 10.2 Å². The molecule has 0 spiro atoms. The lowest BCUT2D eigenvalue weighted by atomic mass is 10.0. The van der Waals surface area contributed by atoms with E-state index in [9.17, 15) is 9.59 Å². The Kier molecular flexibility index (Phi) is 2.36. The first-order valence-corrected chi connectivity index (χ1v) is 4.63. The van der Waals surface area contributed by atoms with Crippen molar-refractivity contribution in [2.75, 3.05) is 0 Å². The van der Waals surface area contributed by atoms with Gasteiger partial charge in [-0.3, -0.25) is 4.90 Å². The Morgan fingerprint density at radius 2 is 1.88 bits per heavy atom. The van der Waals surface area contributed by atoms with Crippen molar-refractivity contribution in [2.24, 2.45) is 0 Å². The zero-order chi connectivity index (χ0) is 11.7. The predicted octanol–water partition coefficient (Wildman–Crippen LogP) is 1.61. The zero-order valence-electron chi connectivity index (χ0n) is 8.25. The number of carbonyl (C=O) groups is 2. The molecular formula is C11H9NO4. The van der Waals surface area contributed by atoms with Crippen LogP contribution >= 0.6 is 0 Å². The minimum Gasteiger partial charge on any atom is -0.477 e. The first-order valence-electron chi connectivity index (χ1n) is 4.63. The van der Waals surface area contributed by atoms with Crippen LogP contribution in [0.2, 0.25) is 0 Å². The van der Waals surface area contributed by atoms with Crippen LogP contribution in [0.4, 0.5) is 4.79 Å². The standard InChI is InChI=1S/C11H9NO4/c13-10(14)9-5-7-3-1-2-4-8(7)6-12(9)11(15)16/h1-5H,6H2,(H,13,14)(H,15,16). The Morgan fingerprint density at radius 3 is 2.50 bits per heavy atom. The number of fused-ring (bicyclic) bond motifs is 1. The van der Waals surface area contributed by atoms with Gasteiger partial charge in [-0.15, -0.1) is 0 Å². The van der Waals surface area contributed by atoms with Gasteiger partial charge >= 0.3 is 12.1 Å². The zero-order valence-corrected chi connectivity index (χ0v) is 8.25. The molecule has 0 fully saturated rings. The van der Waals surface area contributed by atoms with Crippen LogP contribution in [0, 0.1) is 0 Å². The van der Waals surface area contributed by atoms with Crippen molar-refractivity contribution in [2.45, 2.75) is 6.54 Å². The molecule has 16 heavy (non-hydrogen) atoms. The van der Waals surface area contributed by atoms with E-state index in [0.717, 1.165) is 16.0 Å². The van der Waals surface area contributed by atoms with Gasteiger partial charge in [-0.1, -0.05) is 24.3 Å². The Bertz CT molecular complexity index is 493. The lowest BCUT2D eigenvalue weighted by Crippen LogP contribution is -2.34. The summed E-state index contributed by atoms with van der Waals surface area (Å²) in [6, 6.07) is 7.11. The first-order chi connectivity index (χ1) is 7.59. The first kappa shape index (κ1) is 10.2. The van der Waals surface area contributed by atoms with E-state index in [1.807, 2.05) is 0 Å². The minimum atomic E-state index is -1.26. The molecule has 0 unspecified atom stereocenters. The smallest absolute Gasteiger partial charge is 0.412 e. The van der Waals surface area contributed by atoms with Crippen LogP contribution in [0.1, 0.15) is 11.1 Å². The highest BCUT2D eigenvalue weighted by Crippen LogP contribution is 2.24. The Balaban J connectivity index is 2.51. The average molecular weight is 219 g/mol. The molecular weight excluding hydrogens is 210 g/mol. The van der Waals surface area contributed by atoms with Gasteiger partial charge in [-0.05, 0) is 17.2 Å². The molecule has 1 aliphatic rings. The average Bonchev–Trinajstić information content (AvgIpc) is 2.27. The minimum absolute atomic E-state index is 0.0731. The maximum atomic E-state index is 10.9. The van der Waals surface area contributed by atoms with Crippen LogP contribution < -0.4 is 0 Å². The molecule has 2 N–H and O–H groups in total. The Hall–Kier alpha value is -2.30. The van der Waals surface area contributed by atoms with Gasteiger partial charge in [0.05, 0.1) is 6.54 Å². The molecule has 1 aromatic carbocycles. The predicted molar refractivity (Wildman–Crippen MR) is 55.6 cm³/mol. The van der Waals surface area contributed by atoms with Crippen molar-refractivity contribution >= 4 is 18.1 Å². The number of rotatable bonds is 1. The summed E-state index contributed by atoms with van der Waals surface area (Å²) in [5, 5.41) is 17.8. The molecule has 1 amide bonds. The Labute approximate surface area is 91.2 Å². The number of hydrogen-bond acceptors (Lipinski definition) is 2. The van der Waals surface area contributed by atoms with E-state index in [-0.39, 0.29) is 12.2 Å². The fraction of sp³-hybridized carbons (Fsp3) is 0.0909. The summed E-state index contributed by atoms with van der Waals surface area (Å²) in [7, 11) is 0. The largest absolute Gasteiger partial charge is 0.477 e. The molecule has 2 rings (SSSR count). The van der Waals surface area contributed by atoms with E-state index < -0.39 is 12.1 Å². The quantitative estimate of drug-likeness (QED) is 0.752. The van der Waals surface area contributed by atoms with Crippen molar-refractivity contribution in [3.63, 3.8) is 0 Å². The molecule has 0 atom stereocenters. The van der Waals surface area contributed by atoms with Gasteiger partial charge in [-0.2, -0.15) is 0 Å². The Morgan fingerprint density at radius 1 is 1.19 bits per heavy atom. The molecule has 0 saturated carbocycles. The van der Waals surface area contributed by atoms with Gasteiger partial charge in [0, 0.05) is 0 Å². The highest BCUT2D eigenvalue weighted by Gasteiger charge is 2.27. The maximum Gasteiger partial charge on any atom is 0.412 e. The SMILES string of the molecule is O=C(O)C1=Cc2ccccc2CN1C(=O)O. The highest BCUT2D eigenvalue weighted by molar-refractivity contribution is 5.96. The third-order valence-electron chi connectivity index (χ3n) is 2.42. The lowest BCUT2D eigenvalue weighted by Gasteiger charge is -2.24. The summed E-state index contributed by atoms with van der Waals surface area (Å²) in [5.74, 6) is -1.24. The summed E-state index contributed by atoms with van der Waals surface area (Å²) in [6.07, 6.45) is 0.109. The third kappa shape index (κ3) is 1.63. The summed E-state index contributed by atoms with van der Waals surface area (Å²) >= 11 is 0. The van der Waals surface area contributed by atoms with Crippen molar-refractivity contribution in [3.8, 4) is 0 Å². The van der Waals surface area contributed by atoms with Gasteiger partial charge in [0.1, 0.15) is 5.70 Å². The van der Waals surface area contributed by atoms with Crippen LogP contribution in [-0.4, -0.2) is 27.2 Å². The van der Waals surface area contributed by atoms with Crippen molar-refractivity contribution in [1.82, 2.24) is 4.90 Å². The van der Waals surface area contributed by atoms with Crippen LogP contribution in [0.3, 0.4) is 0 Å². The summed E-state index contributed by atoms with van der Waals surface area (Å²) in [5.41, 5.74) is 1.33. The number of nitrogens with zero attached hydrogens (tertiary/aromatic N) is 1. The molecule has 1 aliphatic heterocycles. The second-order valence-electron chi connectivity index (χ2n) is 3.40. The normalized spacial score (nSPS) is 14.0. The molecule has 5 nitrogen and oxygen atoms in total. The number of amides is 1. The molecule has 0 aromatic heterocycles. The molecule has 1 aromatic rings. The van der Waals surface area contributed by atoms with E-state index in [0.29, 0.717) is 0 Å². The van der Waals surface area contributed by atoms with Crippen LogP contribution in [0.25, 0.3) is 6.08 Å². The number of hydrogen-bond donors (Lipinski definition) is 2. The highest BCUT2D eigenvalue weighted by atomic mass is 16.4. The summed E-state index contributed by atoms with van der Waals surface area (Å²) in [4.78, 5) is 22.6. The number of carboxylic acid groups (broad SMARTS) is 2. The topological polar surface area (TPSA) is 77.8 Å². The van der Waals surface area contributed by atoms with E-state index >= 15 is 0 Å². The lowest BCUT2D eigenvalue weighted by molar-refractivity contribution is -0.134. The summed E-state index contributed by atoms with van der Waals surface area (Å²) < 4.78 is 0. The molecule has 82 valence electrons. The van der Waals surface area contributed by atoms with Crippen molar-refractivity contribution in [3.05, 3.63) is 41.1 Å². The van der Waals surface area contributed by atoms with Gasteiger partial charge in [0.15, 0.2) is 0 Å². The van der Waals surface area contributed by atoms with Gasteiger partial charge in [0.2, 0.25) is 0 Å². The van der Waals surface area contributed by atoms with E-state index in [1.165, 1.54) is 6.08 Å². The molecule has 1 heterocycles. The molecule has 5 heteroatoms. The van der Waals surface area contributed by atoms with Crippen molar-refractivity contribution in [1.29, 1.82) is 0 Å². The second kappa shape index (κ2) is 3.69. The van der Waals surface area contributed by atoms with Crippen LogP contribution in [0.15, 0.2) is 30.0 Å². The van der Waals surface area contributed by atoms with Gasteiger partial charge < -0.3 is 10.2 Å². The fourth-order valence-corrected chi connectivity index (χ4v) is 1.65. The molecule has 0 radical (unpaired) electrons. The molecule has 0 saturated heterocycles. The number of aliphatic carboxylic acids is 1. The van der Waals surface area contributed by atoms with E-state index in [2.05, 4.69) is 0 Å².